The highest BCUT2D eigenvalue weighted by Crippen LogP contribution is 2.19. The number of hydrogen-bond donors (Lipinski definition) is 1. The molecule has 0 unspecified atom stereocenters. The van der Waals surface area contributed by atoms with Crippen LogP contribution in [0.25, 0.3) is 6.08 Å². The molecule has 0 bridgehead atoms. The number of rotatable bonds is 4. The second-order valence-electron chi connectivity index (χ2n) is 6.33. The third-order valence-corrected chi connectivity index (χ3v) is 4.69. The van der Waals surface area contributed by atoms with Gasteiger partial charge < -0.3 is 10.6 Å². The minimum atomic E-state index is -0.225. The molecular formula is C20H21ClFN3O. The minimum absolute atomic E-state index is 0.0271. The molecule has 0 aliphatic carbocycles. The van der Waals surface area contributed by atoms with E-state index in [0.717, 1.165) is 30.8 Å². The van der Waals surface area contributed by atoms with Crippen LogP contribution < -0.4 is 5.73 Å². The van der Waals surface area contributed by atoms with Crippen molar-refractivity contribution < 1.29 is 9.18 Å². The molecule has 2 N–H and O–H groups in total. The quantitative estimate of drug-likeness (QED) is 0.660. The SMILES string of the molecule is Nc1cc(Cl)ccc1C=CC(=O)N1CCN(Cc2ccc(F)cc2)CC1. The van der Waals surface area contributed by atoms with Crippen molar-refractivity contribution in [2.45, 2.75) is 6.54 Å². The number of carbonyl (C=O) groups is 1. The summed E-state index contributed by atoms with van der Waals surface area (Å²) in [4.78, 5) is 16.4. The van der Waals surface area contributed by atoms with Gasteiger partial charge in [-0.15, -0.1) is 0 Å². The molecule has 6 heteroatoms. The summed E-state index contributed by atoms with van der Waals surface area (Å²) in [5.74, 6) is -0.252. The van der Waals surface area contributed by atoms with Crippen molar-refractivity contribution in [3.63, 3.8) is 0 Å². The maximum Gasteiger partial charge on any atom is 0.246 e. The summed E-state index contributed by atoms with van der Waals surface area (Å²) in [5.41, 5.74) is 8.29. The number of benzene rings is 2. The van der Waals surface area contributed by atoms with Crippen LogP contribution in [0, 0.1) is 5.82 Å². The Kier molecular flexibility index (Phi) is 5.91. The van der Waals surface area contributed by atoms with E-state index in [1.165, 1.54) is 12.1 Å². The molecule has 0 atom stereocenters. The van der Waals surface area contributed by atoms with E-state index >= 15 is 0 Å². The highest BCUT2D eigenvalue weighted by atomic mass is 35.5. The first-order valence-electron chi connectivity index (χ1n) is 8.50. The Bertz CT molecular complexity index is 799. The summed E-state index contributed by atoms with van der Waals surface area (Å²) in [6.07, 6.45) is 3.27. The fourth-order valence-corrected chi connectivity index (χ4v) is 3.12. The molecule has 1 aliphatic rings. The van der Waals surface area contributed by atoms with E-state index in [0.29, 0.717) is 23.8 Å². The lowest BCUT2D eigenvalue weighted by Crippen LogP contribution is -2.47. The van der Waals surface area contributed by atoms with Gasteiger partial charge in [-0.3, -0.25) is 9.69 Å². The van der Waals surface area contributed by atoms with Crippen LogP contribution >= 0.6 is 11.6 Å². The van der Waals surface area contributed by atoms with Crippen LogP contribution in [0.4, 0.5) is 10.1 Å². The number of nitrogens with two attached hydrogens (primary N) is 1. The predicted molar refractivity (Wildman–Crippen MR) is 103 cm³/mol. The fraction of sp³-hybridized carbons (Fsp3) is 0.250. The van der Waals surface area contributed by atoms with Crippen molar-refractivity contribution in [3.05, 3.63) is 70.5 Å². The van der Waals surface area contributed by atoms with Crippen molar-refractivity contribution in [2.75, 3.05) is 31.9 Å². The van der Waals surface area contributed by atoms with Gasteiger partial charge in [-0.2, -0.15) is 0 Å². The number of carbonyl (C=O) groups excluding carboxylic acids is 1. The number of hydrogen-bond acceptors (Lipinski definition) is 3. The first-order valence-corrected chi connectivity index (χ1v) is 8.88. The summed E-state index contributed by atoms with van der Waals surface area (Å²) in [6.45, 7) is 3.68. The Labute approximate surface area is 157 Å². The zero-order valence-corrected chi connectivity index (χ0v) is 15.1. The van der Waals surface area contributed by atoms with Crippen molar-refractivity contribution in [1.82, 2.24) is 9.80 Å². The summed E-state index contributed by atoms with van der Waals surface area (Å²) < 4.78 is 13.0. The van der Waals surface area contributed by atoms with Gasteiger partial charge in [0.15, 0.2) is 0 Å². The van der Waals surface area contributed by atoms with Gasteiger partial charge in [-0.1, -0.05) is 29.8 Å². The molecule has 4 nitrogen and oxygen atoms in total. The number of amides is 1. The zero-order chi connectivity index (χ0) is 18.5. The molecule has 3 rings (SSSR count). The highest BCUT2D eigenvalue weighted by molar-refractivity contribution is 6.30. The van der Waals surface area contributed by atoms with Crippen molar-refractivity contribution in [1.29, 1.82) is 0 Å². The van der Waals surface area contributed by atoms with Gasteiger partial charge in [0, 0.05) is 49.5 Å². The average Bonchev–Trinajstić information content (AvgIpc) is 2.63. The molecule has 1 heterocycles. The van der Waals surface area contributed by atoms with Crippen LogP contribution in [0.5, 0.6) is 0 Å². The van der Waals surface area contributed by atoms with Crippen LogP contribution in [-0.4, -0.2) is 41.9 Å². The maximum atomic E-state index is 13.0. The molecule has 136 valence electrons. The maximum absolute atomic E-state index is 13.0. The summed E-state index contributed by atoms with van der Waals surface area (Å²) in [6, 6.07) is 11.8. The molecule has 1 aliphatic heterocycles. The Morgan fingerprint density at radius 1 is 1.12 bits per heavy atom. The van der Waals surface area contributed by atoms with Crippen molar-refractivity contribution >= 4 is 29.3 Å². The molecule has 0 saturated carbocycles. The number of anilines is 1. The van der Waals surface area contributed by atoms with Crippen LogP contribution in [0.1, 0.15) is 11.1 Å². The largest absolute Gasteiger partial charge is 0.398 e. The molecule has 2 aromatic rings. The van der Waals surface area contributed by atoms with E-state index in [9.17, 15) is 9.18 Å². The fourth-order valence-electron chi connectivity index (χ4n) is 2.94. The Morgan fingerprint density at radius 3 is 2.46 bits per heavy atom. The molecule has 1 amide bonds. The standard InChI is InChI=1S/C20H21ClFN3O/c21-17-5-3-16(19(23)13-17)4-8-20(26)25-11-9-24(10-12-25)14-15-1-6-18(22)7-2-15/h1-8,13H,9-12,14,23H2. The Hall–Kier alpha value is -2.37. The van der Waals surface area contributed by atoms with Crippen LogP contribution in [0.2, 0.25) is 5.02 Å². The molecule has 1 fully saturated rings. The second-order valence-corrected chi connectivity index (χ2v) is 6.77. The number of nitrogen functional groups attached to an aromatic ring is 1. The molecular weight excluding hydrogens is 353 g/mol. The Balaban J connectivity index is 1.51. The van der Waals surface area contributed by atoms with Gasteiger partial charge in [0.2, 0.25) is 5.91 Å². The van der Waals surface area contributed by atoms with E-state index in [-0.39, 0.29) is 11.7 Å². The molecule has 0 aromatic heterocycles. The van der Waals surface area contributed by atoms with E-state index < -0.39 is 0 Å². The topological polar surface area (TPSA) is 49.6 Å². The molecule has 26 heavy (non-hydrogen) atoms. The lowest BCUT2D eigenvalue weighted by Gasteiger charge is -2.34. The smallest absolute Gasteiger partial charge is 0.246 e. The first-order chi connectivity index (χ1) is 12.5. The van der Waals surface area contributed by atoms with Gasteiger partial charge in [0.05, 0.1) is 0 Å². The van der Waals surface area contributed by atoms with Gasteiger partial charge in [0.25, 0.3) is 0 Å². The molecule has 1 saturated heterocycles. The zero-order valence-electron chi connectivity index (χ0n) is 14.4. The molecule has 0 radical (unpaired) electrons. The normalized spacial score (nSPS) is 15.5. The highest BCUT2D eigenvalue weighted by Gasteiger charge is 2.19. The van der Waals surface area contributed by atoms with E-state index in [1.807, 2.05) is 4.90 Å². The van der Waals surface area contributed by atoms with Gasteiger partial charge in [0.1, 0.15) is 5.82 Å². The van der Waals surface area contributed by atoms with Crippen molar-refractivity contribution in [2.24, 2.45) is 0 Å². The van der Waals surface area contributed by atoms with Gasteiger partial charge in [-0.05, 0) is 41.5 Å². The predicted octanol–water partition coefficient (Wildman–Crippen LogP) is 3.42. The number of halogens is 2. The van der Waals surface area contributed by atoms with Gasteiger partial charge >= 0.3 is 0 Å². The lowest BCUT2D eigenvalue weighted by molar-refractivity contribution is -0.127. The van der Waals surface area contributed by atoms with E-state index in [1.54, 1.807) is 42.5 Å². The van der Waals surface area contributed by atoms with Crippen LogP contribution in [0.15, 0.2) is 48.5 Å². The average molecular weight is 374 g/mol. The third kappa shape index (κ3) is 4.84. The summed E-state index contributed by atoms with van der Waals surface area (Å²) >= 11 is 5.88. The van der Waals surface area contributed by atoms with Crippen molar-refractivity contribution in [3.8, 4) is 0 Å². The molecule has 2 aromatic carbocycles. The molecule has 0 spiro atoms. The minimum Gasteiger partial charge on any atom is -0.398 e. The third-order valence-electron chi connectivity index (χ3n) is 4.46. The summed E-state index contributed by atoms with van der Waals surface area (Å²) in [7, 11) is 0. The summed E-state index contributed by atoms with van der Waals surface area (Å²) in [5, 5.41) is 0.572. The van der Waals surface area contributed by atoms with Gasteiger partial charge in [-0.25, -0.2) is 4.39 Å². The van der Waals surface area contributed by atoms with Crippen LogP contribution in [0.3, 0.4) is 0 Å². The first kappa shape index (κ1) is 18.4. The number of piperazine rings is 1. The lowest BCUT2D eigenvalue weighted by atomic mass is 10.1. The van der Waals surface area contributed by atoms with E-state index in [4.69, 9.17) is 17.3 Å². The number of nitrogens with zero attached hydrogens (tertiary/aromatic N) is 2. The van der Waals surface area contributed by atoms with E-state index in [2.05, 4.69) is 4.90 Å². The Morgan fingerprint density at radius 2 is 1.81 bits per heavy atom. The monoisotopic (exact) mass is 373 g/mol. The van der Waals surface area contributed by atoms with Crippen LogP contribution in [-0.2, 0) is 11.3 Å². The second kappa shape index (κ2) is 8.34.